The first kappa shape index (κ1) is 13.8. The third-order valence-electron chi connectivity index (χ3n) is 4.04. The molecule has 0 radical (unpaired) electrons. The smallest absolute Gasteiger partial charge is 0.239 e. The van der Waals surface area contributed by atoms with Crippen LogP contribution in [0.5, 0.6) is 0 Å². The predicted octanol–water partition coefficient (Wildman–Crippen LogP) is -0.225. The van der Waals surface area contributed by atoms with Crippen molar-refractivity contribution in [2.75, 3.05) is 53.0 Å². The number of rotatable bonds is 4. The highest BCUT2D eigenvalue weighted by atomic mass is 16.5. The van der Waals surface area contributed by atoms with Crippen LogP contribution in [0.2, 0.25) is 0 Å². The van der Waals surface area contributed by atoms with Crippen LogP contribution in [-0.4, -0.2) is 74.7 Å². The van der Waals surface area contributed by atoms with E-state index in [4.69, 9.17) is 4.74 Å². The Labute approximate surface area is 109 Å². The molecule has 2 aliphatic rings. The topological polar surface area (TPSA) is 44.8 Å². The lowest BCUT2D eigenvalue weighted by atomic mass is 10.1. The molecule has 5 nitrogen and oxygen atoms in total. The van der Waals surface area contributed by atoms with E-state index in [0.717, 1.165) is 32.7 Å². The van der Waals surface area contributed by atoms with E-state index >= 15 is 0 Å². The van der Waals surface area contributed by atoms with Gasteiger partial charge in [-0.05, 0) is 39.4 Å². The largest absolute Gasteiger partial charge is 0.378 e. The van der Waals surface area contributed by atoms with E-state index in [2.05, 4.69) is 10.2 Å². The maximum Gasteiger partial charge on any atom is 0.239 e. The standard InChI is InChI=1S/C13H25N3O2/c1-11(13(17)15-5-7-18-8-6-15)16-4-3-12(10-16)9-14-2/h11-12,14H,3-10H2,1-2H3. The summed E-state index contributed by atoms with van der Waals surface area (Å²) < 4.78 is 5.29. The lowest BCUT2D eigenvalue weighted by Gasteiger charge is -2.32. The van der Waals surface area contributed by atoms with Crippen molar-refractivity contribution >= 4 is 5.91 Å². The molecule has 18 heavy (non-hydrogen) atoms. The molecule has 0 aromatic carbocycles. The second-order valence-electron chi connectivity index (χ2n) is 5.32. The SMILES string of the molecule is CNCC1CCN(C(C)C(=O)N2CCOCC2)C1. The zero-order valence-electron chi connectivity index (χ0n) is 11.5. The van der Waals surface area contributed by atoms with Crippen molar-refractivity contribution in [1.82, 2.24) is 15.1 Å². The first-order chi connectivity index (χ1) is 8.72. The highest BCUT2D eigenvalue weighted by Crippen LogP contribution is 2.19. The molecule has 2 rings (SSSR count). The number of nitrogens with one attached hydrogen (secondary N) is 1. The summed E-state index contributed by atoms with van der Waals surface area (Å²) in [6.45, 7) is 8.03. The van der Waals surface area contributed by atoms with Crippen LogP contribution in [0.15, 0.2) is 0 Å². The summed E-state index contributed by atoms with van der Waals surface area (Å²) in [5.41, 5.74) is 0. The fourth-order valence-electron chi connectivity index (χ4n) is 2.87. The van der Waals surface area contributed by atoms with Crippen molar-refractivity contribution in [2.45, 2.75) is 19.4 Å². The first-order valence-corrected chi connectivity index (χ1v) is 6.97. The summed E-state index contributed by atoms with van der Waals surface area (Å²) in [6, 6.07) is 0.0185. The molecule has 1 N–H and O–H groups in total. The molecular weight excluding hydrogens is 230 g/mol. The second kappa shape index (κ2) is 6.50. The average Bonchev–Trinajstić information content (AvgIpc) is 2.87. The van der Waals surface area contributed by atoms with Gasteiger partial charge in [0.05, 0.1) is 19.3 Å². The van der Waals surface area contributed by atoms with Crippen LogP contribution in [0.4, 0.5) is 0 Å². The van der Waals surface area contributed by atoms with E-state index in [1.165, 1.54) is 6.42 Å². The molecule has 2 unspecified atom stereocenters. The fourth-order valence-corrected chi connectivity index (χ4v) is 2.87. The van der Waals surface area contributed by atoms with Crippen molar-refractivity contribution in [3.8, 4) is 0 Å². The number of amides is 1. The molecule has 2 heterocycles. The minimum Gasteiger partial charge on any atom is -0.378 e. The maximum atomic E-state index is 12.4. The Balaban J connectivity index is 1.83. The van der Waals surface area contributed by atoms with Gasteiger partial charge in [-0.15, -0.1) is 0 Å². The Morgan fingerprint density at radius 2 is 2.11 bits per heavy atom. The van der Waals surface area contributed by atoms with Gasteiger partial charge in [0, 0.05) is 19.6 Å². The van der Waals surface area contributed by atoms with Crippen LogP contribution in [0.25, 0.3) is 0 Å². The summed E-state index contributed by atoms with van der Waals surface area (Å²) in [7, 11) is 1.99. The van der Waals surface area contributed by atoms with E-state index in [0.29, 0.717) is 19.1 Å². The number of morpholine rings is 1. The Morgan fingerprint density at radius 3 is 2.78 bits per heavy atom. The second-order valence-corrected chi connectivity index (χ2v) is 5.32. The van der Waals surface area contributed by atoms with Crippen molar-refractivity contribution in [2.24, 2.45) is 5.92 Å². The van der Waals surface area contributed by atoms with Crippen molar-refractivity contribution in [3.05, 3.63) is 0 Å². The Kier molecular flexibility index (Phi) is 4.97. The molecule has 0 aromatic rings. The highest BCUT2D eigenvalue weighted by molar-refractivity contribution is 5.81. The molecule has 104 valence electrons. The third kappa shape index (κ3) is 3.22. The lowest BCUT2D eigenvalue weighted by molar-refractivity contribution is -0.140. The fraction of sp³-hybridized carbons (Fsp3) is 0.923. The molecular formula is C13H25N3O2. The van der Waals surface area contributed by atoms with Gasteiger partial charge in [0.15, 0.2) is 0 Å². The number of carbonyl (C=O) groups is 1. The van der Waals surface area contributed by atoms with Crippen molar-refractivity contribution < 1.29 is 9.53 Å². The van der Waals surface area contributed by atoms with E-state index in [9.17, 15) is 4.79 Å². The molecule has 2 atom stereocenters. The monoisotopic (exact) mass is 255 g/mol. The third-order valence-corrected chi connectivity index (χ3v) is 4.04. The Morgan fingerprint density at radius 1 is 1.39 bits per heavy atom. The molecule has 0 bridgehead atoms. The van der Waals surface area contributed by atoms with Crippen LogP contribution in [-0.2, 0) is 9.53 Å². The number of hydrogen-bond donors (Lipinski definition) is 1. The van der Waals surface area contributed by atoms with Crippen molar-refractivity contribution in [1.29, 1.82) is 0 Å². The molecule has 2 aliphatic heterocycles. The van der Waals surface area contributed by atoms with Crippen LogP contribution in [0.3, 0.4) is 0 Å². The molecule has 0 spiro atoms. The summed E-state index contributed by atoms with van der Waals surface area (Å²) in [6.07, 6.45) is 1.20. The summed E-state index contributed by atoms with van der Waals surface area (Å²) in [5.74, 6) is 0.957. The van der Waals surface area contributed by atoms with Crippen LogP contribution < -0.4 is 5.32 Å². The number of ether oxygens (including phenoxy) is 1. The molecule has 0 aromatic heterocycles. The van der Waals surface area contributed by atoms with Gasteiger partial charge in [0.25, 0.3) is 0 Å². The van der Waals surface area contributed by atoms with Crippen LogP contribution >= 0.6 is 0 Å². The Bertz CT molecular complexity index is 279. The van der Waals surface area contributed by atoms with Gasteiger partial charge >= 0.3 is 0 Å². The zero-order valence-corrected chi connectivity index (χ0v) is 11.5. The average molecular weight is 255 g/mol. The molecule has 0 aliphatic carbocycles. The number of likely N-dealkylation sites (tertiary alicyclic amines) is 1. The molecule has 2 fully saturated rings. The summed E-state index contributed by atoms with van der Waals surface area (Å²) in [5, 5.41) is 3.22. The molecule has 2 saturated heterocycles. The zero-order chi connectivity index (χ0) is 13.0. The van der Waals surface area contributed by atoms with E-state index in [1.54, 1.807) is 0 Å². The minimum atomic E-state index is 0.0185. The predicted molar refractivity (Wildman–Crippen MR) is 70.5 cm³/mol. The molecule has 0 saturated carbocycles. The number of carbonyl (C=O) groups excluding carboxylic acids is 1. The van der Waals surface area contributed by atoms with Crippen molar-refractivity contribution in [3.63, 3.8) is 0 Å². The van der Waals surface area contributed by atoms with Crippen LogP contribution in [0.1, 0.15) is 13.3 Å². The summed E-state index contributed by atoms with van der Waals surface area (Å²) in [4.78, 5) is 16.6. The maximum absolute atomic E-state index is 12.4. The highest BCUT2D eigenvalue weighted by Gasteiger charge is 2.31. The quantitative estimate of drug-likeness (QED) is 0.754. The van der Waals surface area contributed by atoms with Gasteiger partial charge in [0.1, 0.15) is 0 Å². The molecule has 5 heteroatoms. The number of nitrogens with zero attached hydrogens (tertiary/aromatic N) is 2. The van der Waals surface area contributed by atoms with E-state index < -0.39 is 0 Å². The first-order valence-electron chi connectivity index (χ1n) is 6.97. The van der Waals surface area contributed by atoms with Gasteiger partial charge < -0.3 is 15.0 Å². The molecule has 1 amide bonds. The number of hydrogen-bond acceptors (Lipinski definition) is 4. The van der Waals surface area contributed by atoms with E-state index in [-0.39, 0.29) is 11.9 Å². The van der Waals surface area contributed by atoms with E-state index in [1.807, 2.05) is 18.9 Å². The van der Waals surface area contributed by atoms with Gasteiger partial charge in [-0.2, -0.15) is 0 Å². The normalized spacial score (nSPS) is 27.4. The van der Waals surface area contributed by atoms with Gasteiger partial charge in [-0.1, -0.05) is 0 Å². The minimum absolute atomic E-state index is 0.0185. The summed E-state index contributed by atoms with van der Waals surface area (Å²) >= 11 is 0. The van der Waals surface area contributed by atoms with Crippen LogP contribution in [0, 0.1) is 5.92 Å². The lowest BCUT2D eigenvalue weighted by Crippen LogP contribution is -2.50. The van der Waals surface area contributed by atoms with Gasteiger partial charge in [-0.25, -0.2) is 0 Å². The van der Waals surface area contributed by atoms with Gasteiger partial charge in [-0.3, -0.25) is 9.69 Å². The Hall–Kier alpha value is -0.650. The van der Waals surface area contributed by atoms with Gasteiger partial charge in [0.2, 0.25) is 5.91 Å².